The third-order valence-corrected chi connectivity index (χ3v) is 7.62. The monoisotopic (exact) mass is 431 g/mol. The van der Waals surface area contributed by atoms with Crippen LogP contribution in [0.1, 0.15) is 43.2 Å². The van der Waals surface area contributed by atoms with E-state index in [1.807, 2.05) is 36.5 Å². The van der Waals surface area contributed by atoms with Crippen molar-refractivity contribution in [2.45, 2.75) is 50.3 Å². The number of H-pyrrole nitrogens is 1. The van der Waals surface area contributed by atoms with Gasteiger partial charge >= 0.3 is 0 Å². The van der Waals surface area contributed by atoms with Crippen LogP contribution in [0.4, 0.5) is 0 Å². The van der Waals surface area contributed by atoms with Gasteiger partial charge < -0.3 is 14.6 Å². The van der Waals surface area contributed by atoms with Crippen LogP contribution in [-0.4, -0.2) is 39.6 Å². The molecule has 3 heterocycles. The van der Waals surface area contributed by atoms with Gasteiger partial charge in [0.15, 0.2) is 11.5 Å². The zero-order valence-corrected chi connectivity index (χ0v) is 18.2. The van der Waals surface area contributed by atoms with E-state index in [0.29, 0.717) is 6.04 Å². The molecule has 0 amide bonds. The molecule has 6 nitrogen and oxygen atoms in total. The Morgan fingerprint density at radius 1 is 1.06 bits per heavy atom. The molecule has 0 unspecified atom stereocenters. The number of aromatic nitrogens is 2. The Kier molecular flexibility index (Phi) is 4.92. The first-order chi connectivity index (χ1) is 15.7. The lowest BCUT2D eigenvalue weighted by Crippen LogP contribution is -2.57. The van der Waals surface area contributed by atoms with Crippen molar-refractivity contribution >= 4 is 0 Å². The molecule has 2 fully saturated rings. The van der Waals surface area contributed by atoms with Gasteiger partial charge in [-0.3, -0.25) is 10.00 Å². The molecule has 0 bridgehead atoms. The molecule has 1 aromatic heterocycles. The highest BCUT2D eigenvalue weighted by atomic mass is 16.7. The number of rotatable bonds is 4. The summed E-state index contributed by atoms with van der Waals surface area (Å²) >= 11 is 0. The van der Waals surface area contributed by atoms with E-state index in [1.165, 1.54) is 18.4 Å². The minimum atomic E-state index is -0.737. The summed E-state index contributed by atoms with van der Waals surface area (Å²) in [7, 11) is 0. The van der Waals surface area contributed by atoms with E-state index in [9.17, 15) is 5.11 Å². The highest BCUT2D eigenvalue weighted by Gasteiger charge is 2.49. The number of piperidine rings is 1. The summed E-state index contributed by atoms with van der Waals surface area (Å²) in [5.74, 6) is 1.82. The molecule has 0 spiro atoms. The average molecular weight is 432 g/mol. The van der Waals surface area contributed by atoms with Crippen molar-refractivity contribution in [3.05, 3.63) is 65.9 Å². The second-order valence-corrected chi connectivity index (χ2v) is 9.31. The predicted octanol–water partition coefficient (Wildman–Crippen LogP) is 4.46. The second kappa shape index (κ2) is 7.94. The van der Waals surface area contributed by atoms with Gasteiger partial charge in [-0.2, -0.15) is 5.10 Å². The van der Waals surface area contributed by atoms with Gasteiger partial charge in [0, 0.05) is 36.2 Å². The maximum atomic E-state index is 11.8. The summed E-state index contributed by atoms with van der Waals surface area (Å²) in [5.41, 5.74) is 3.60. The van der Waals surface area contributed by atoms with Crippen LogP contribution in [0.25, 0.3) is 11.3 Å². The van der Waals surface area contributed by atoms with Gasteiger partial charge in [0.25, 0.3) is 0 Å². The Bertz CT molecular complexity index is 1100. The number of aliphatic hydroxyl groups is 1. The minimum absolute atomic E-state index is 0.258. The van der Waals surface area contributed by atoms with E-state index in [1.54, 1.807) is 0 Å². The maximum absolute atomic E-state index is 11.8. The van der Waals surface area contributed by atoms with Gasteiger partial charge in [-0.25, -0.2) is 0 Å². The van der Waals surface area contributed by atoms with Crippen LogP contribution in [0.3, 0.4) is 0 Å². The van der Waals surface area contributed by atoms with Gasteiger partial charge in [0.05, 0.1) is 17.5 Å². The van der Waals surface area contributed by atoms with Gasteiger partial charge in [0.1, 0.15) is 0 Å². The van der Waals surface area contributed by atoms with E-state index in [4.69, 9.17) is 9.47 Å². The number of nitrogens with one attached hydrogen (secondary N) is 1. The fourth-order valence-corrected chi connectivity index (χ4v) is 6.00. The van der Waals surface area contributed by atoms with Gasteiger partial charge in [-0.1, -0.05) is 43.2 Å². The van der Waals surface area contributed by atoms with E-state index in [2.05, 4.69) is 33.3 Å². The lowest BCUT2D eigenvalue weighted by atomic mass is 9.66. The molecule has 2 N–H and O–H groups in total. The van der Waals surface area contributed by atoms with Crippen molar-refractivity contribution in [1.82, 2.24) is 15.1 Å². The van der Waals surface area contributed by atoms with Crippen LogP contribution in [-0.2, 0) is 12.1 Å². The van der Waals surface area contributed by atoms with Crippen LogP contribution in [0.2, 0.25) is 0 Å². The van der Waals surface area contributed by atoms with Crippen LogP contribution >= 0.6 is 0 Å². The average Bonchev–Trinajstić information content (AvgIpc) is 3.50. The summed E-state index contributed by atoms with van der Waals surface area (Å²) in [5, 5.41) is 19.4. The summed E-state index contributed by atoms with van der Waals surface area (Å²) in [4.78, 5) is 2.57. The lowest BCUT2D eigenvalue weighted by molar-refractivity contribution is -0.122. The summed E-state index contributed by atoms with van der Waals surface area (Å²) in [6, 6.07) is 16.7. The molecule has 1 aliphatic carbocycles. The zero-order valence-electron chi connectivity index (χ0n) is 18.2. The molecule has 32 heavy (non-hydrogen) atoms. The normalized spacial score (nSPS) is 27.3. The molecule has 6 rings (SSSR count). The number of ether oxygens (including phenoxy) is 2. The van der Waals surface area contributed by atoms with Crippen molar-refractivity contribution in [2.75, 3.05) is 13.3 Å². The van der Waals surface area contributed by atoms with E-state index in [-0.39, 0.29) is 12.7 Å². The van der Waals surface area contributed by atoms with Crippen molar-refractivity contribution in [3.63, 3.8) is 0 Å². The van der Waals surface area contributed by atoms with Crippen molar-refractivity contribution in [2.24, 2.45) is 5.92 Å². The molecule has 1 saturated carbocycles. The first-order valence-electron chi connectivity index (χ1n) is 11.7. The van der Waals surface area contributed by atoms with E-state index < -0.39 is 5.60 Å². The van der Waals surface area contributed by atoms with Crippen LogP contribution in [0.15, 0.2) is 54.7 Å². The third-order valence-electron chi connectivity index (χ3n) is 7.62. The fourth-order valence-electron chi connectivity index (χ4n) is 6.00. The van der Waals surface area contributed by atoms with Gasteiger partial charge in [0.2, 0.25) is 6.79 Å². The fraction of sp³-hybridized carbons (Fsp3) is 0.423. The minimum Gasteiger partial charge on any atom is -0.454 e. The molecule has 0 radical (unpaired) electrons. The Morgan fingerprint density at radius 2 is 1.91 bits per heavy atom. The SMILES string of the molecule is O[C@@]1(c2ccccc2)CCN(Cc2cn[nH]c2-c2ccc3c(c2)OCO3)[C@H]2CCCC[C@@H]21. The van der Waals surface area contributed by atoms with Gasteiger partial charge in [-0.15, -0.1) is 0 Å². The molecular weight excluding hydrogens is 402 g/mol. The Hall–Kier alpha value is -2.83. The molecular formula is C26H29N3O3. The van der Waals surface area contributed by atoms with E-state index >= 15 is 0 Å². The molecule has 166 valence electrons. The first kappa shape index (κ1) is 19.8. The predicted molar refractivity (Wildman–Crippen MR) is 121 cm³/mol. The molecule has 3 aliphatic rings. The van der Waals surface area contributed by atoms with Crippen LogP contribution in [0, 0.1) is 5.92 Å². The molecule has 1 saturated heterocycles. The Labute approximate surface area is 188 Å². The Balaban J connectivity index is 1.27. The summed E-state index contributed by atoms with van der Waals surface area (Å²) in [6.07, 6.45) is 7.33. The summed E-state index contributed by atoms with van der Waals surface area (Å²) in [6.45, 7) is 1.97. The third kappa shape index (κ3) is 3.29. The number of aromatic amines is 1. The van der Waals surface area contributed by atoms with Gasteiger partial charge in [-0.05, 0) is 43.0 Å². The highest BCUT2D eigenvalue weighted by Crippen LogP contribution is 2.47. The number of hydrogen-bond acceptors (Lipinski definition) is 5. The molecule has 3 aromatic rings. The van der Waals surface area contributed by atoms with E-state index in [0.717, 1.165) is 60.7 Å². The van der Waals surface area contributed by atoms with Crippen LogP contribution < -0.4 is 9.47 Å². The molecule has 6 heteroatoms. The summed E-state index contributed by atoms with van der Waals surface area (Å²) < 4.78 is 11.0. The number of fused-ring (bicyclic) bond motifs is 2. The maximum Gasteiger partial charge on any atom is 0.231 e. The topological polar surface area (TPSA) is 70.6 Å². The second-order valence-electron chi connectivity index (χ2n) is 9.31. The first-order valence-corrected chi connectivity index (χ1v) is 11.7. The number of benzene rings is 2. The zero-order chi connectivity index (χ0) is 21.5. The number of nitrogens with zero attached hydrogens (tertiary/aromatic N) is 2. The Morgan fingerprint density at radius 3 is 2.81 bits per heavy atom. The smallest absolute Gasteiger partial charge is 0.231 e. The quantitative estimate of drug-likeness (QED) is 0.638. The largest absolute Gasteiger partial charge is 0.454 e. The molecule has 2 aromatic carbocycles. The molecule has 2 aliphatic heterocycles. The number of hydrogen-bond donors (Lipinski definition) is 2. The molecule has 3 atom stereocenters. The standard InChI is InChI=1S/C26H29N3O3/c30-26(20-6-2-1-3-7-20)12-13-29(22-9-5-4-8-21(22)26)16-19-15-27-28-25(19)18-10-11-23-24(14-18)32-17-31-23/h1-3,6-7,10-11,14-15,21-22,30H,4-5,8-9,12-13,16-17H2,(H,27,28)/t21-,22-,26+/m0/s1. The van der Waals surface area contributed by atoms with Crippen molar-refractivity contribution < 1.29 is 14.6 Å². The van der Waals surface area contributed by atoms with Crippen molar-refractivity contribution in [3.8, 4) is 22.8 Å². The number of likely N-dealkylation sites (tertiary alicyclic amines) is 1. The lowest BCUT2D eigenvalue weighted by Gasteiger charge is -2.52. The van der Waals surface area contributed by atoms with Crippen LogP contribution in [0.5, 0.6) is 11.5 Å². The highest BCUT2D eigenvalue weighted by molar-refractivity contribution is 5.67. The van der Waals surface area contributed by atoms with Crippen molar-refractivity contribution in [1.29, 1.82) is 0 Å².